The summed E-state index contributed by atoms with van der Waals surface area (Å²) in [6.45, 7) is 0. The van der Waals surface area contributed by atoms with E-state index in [-0.39, 0.29) is 21.2 Å². The quantitative estimate of drug-likeness (QED) is 0.196. The summed E-state index contributed by atoms with van der Waals surface area (Å²) in [6.07, 6.45) is 0. The van der Waals surface area contributed by atoms with Gasteiger partial charge >= 0.3 is 0 Å². The largest absolute Gasteiger partial charge is 0.456 e. The Morgan fingerprint density at radius 1 is 0.868 bits per heavy atom. The van der Waals surface area contributed by atoms with Crippen LogP contribution in [0.5, 0.6) is 11.5 Å². The number of hydrogen-bond donors (Lipinski definition) is 2. The predicted octanol–water partition coefficient (Wildman–Crippen LogP) is 8.10. The number of ether oxygens (including phenoxy) is 1. The molecule has 0 spiro atoms. The fourth-order valence-corrected chi connectivity index (χ4v) is 6.06. The van der Waals surface area contributed by atoms with Gasteiger partial charge in [-0.25, -0.2) is 13.4 Å². The van der Waals surface area contributed by atoms with Crippen LogP contribution in [0, 0.1) is 0 Å². The highest BCUT2D eigenvalue weighted by Crippen LogP contribution is 2.33. The Bertz CT molecular complexity index is 1770. The van der Waals surface area contributed by atoms with Crippen molar-refractivity contribution in [2.24, 2.45) is 0 Å². The predicted molar refractivity (Wildman–Crippen MR) is 153 cm³/mol. The average molecular weight is 605 g/mol. The molecule has 0 radical (unpaired) electrons. The number of rotatable bonds is 7. The molecule has 0 fully saturated rings. The van der Waals surface area contributed by atoms with Crippen LogP contribution in [-0.2, 0) is 10.0 Å². The van der Waals surface area contributed by atoms with Crippen LogP contribution in [0.2, 0.25) is 15.1 Å². The summed E-state index contributed by atoms with van der Waals surface area (Å²) in [5, 5.41) is 4.14. The topological polar surface area (TPSA) is 97.4 Å². The van der Waals surface area contributed by atoms with E-state index in [0.717, 1.165) is 4.70 Å². The zero-order valence-electron chi connectivity index (χ0n) is 19.1. The summed E-state index contributed by atoms with van der Waals surface area (Å²) in [5.74, 6) is 0.249. The molecule has 1 aromatic heterocycles. The standard InChI is InChI=1S/C26H16Cl3N3O4S2/c27-15-8-13-21(18(14-15)25(33)31-26-30-24-20(29)5-3-7-23(24)37-26)32-38(34,35)17-11-9-16(10-12-17)36-22-6-2-1-4-19(22)28/h1-14,32H,(H,30,31,33). The summed E-state index contributed by atoms with van der Waals surface area (Å²) in [7, 11) is -4.06. The minimum absolute atomic E-state index is 0.0186. The summed E-state index contributed by atoms with van der Waals surface area (Å²) in [4.78, 5) is 17.4. The molecule has 0 saturated carbocycles. The Kier molecular flexibility index (Phi) is 7.47. The maximum atomic E-state index is 13.1. The lowest BCUT2D eigenvalue weighted by Gasteiger charge is -2.13. The first-order chi connectivity index (χ1) is 18.2. The molecule has 7 nitrogen and oxygen atoms in total. The van der Waals surface area contributed by atoms with Crippen molar-refractivity contribution in [1.82, 2.24) is 4.98 Å². The number of sulfonamides is 1. The van der Waals surface area contributed by atoms with Crippen molar-refractivity contribution in [2.75, 3.05) is 10.0 Å². The van der Waals surface area contributed by atoms with E-state index in [9.17, 15) is 13.2 Å². The van der Waals surface area contributed by atoms with Gasteiger partial charge in [0.05, 0.1) is 30.9 Å². The molecule has 0 aliphatic heterocycles. The van der Waals surface area contributed by atoms with Gasteiger partial charge in [0.1, 0.15) is 17.0 Å². The van der Waals surface area contributed by atoms with Gasteiger partial charge in [0.2, 0.25) is 0 Å². The number of aromatic nitrogens is 1. The van der Waals surface area contributed by atoms with E-state index >= 15 is 0 Å². The smallest absolute Gasteiger partial charge is 0.261 e. The zero-order chi connectivity index (χ0) is 26.9. The SMILES string of the molecule is O=C(Nc1nc2c(Cl)cccc2s1)c1cc(Cl)ccc1NS(=O)(=O)c1ccc(Oc2ccccc2Cl)cc1. The van der Waals surface area contributed by atoms with E-state index in [1.54, 1.807) is 36.4 Å². The third-order valence-electron chi connectivity index (χ3n) is 5.26. The van der Waals surface area contributed by atoms with E-state index < -0.39 is 15.9 Å². The lowest BCUT2D eigenvalue weighted by molar-refractivity contribution is 0.102. The molecule has 5 rings (SSSR count). The van der Waals surface area contributed by atoms with Crippen molar-refractivity contribution in [3.63, 3.8) is 0 Å². The zero-order valence-corrected chi connectivity index (χ0v) is 23.0. The first-order valence-corrected chi connectivity index (χ1v) is 14.3. The van der Waals surface area contributed by atoms with Crippen molar-refractivity contribution in [1.29, 1.82) is 0 Å². The Hall–Kier alpha value is -3.34. The number of thiazole rings is 1. The number of benzene rings is 4. The van der Waals surface area contributed by atoms with E-state index in [4.69, 9.17) is 39.5 Å². The summed E-state index contributed by atoms with van der Waals surface area (Å²) >= 11 is 19.7. The van der Waals surface area contributed by atoms with E-state index in [2.05, 4.69) is 15.0 Å². The van der Waals surface area contributed by atoms with Crippen LogP contribution >= 0.6 is 46.1 Å². The van der Waals surface area contributed by atoms with Crippen LogP contribution in [0.1, 0.15) is 10.4 Å². The second-order valence-corrected chi connectivity index (χ2v) is 11.8. The molecular formula is C26H16Cl3N3O4S2. The molecule has 0 bridgehead atoms. The molecule has 5 aromatic rings. The lowest BCUT2D eigenvalue weighted by atomic mass is 10.1. The number of nitrogens with one attached hydrogen (secondary N) is 2. The van der Waals surface area contributed by atoms with Gasteiger partial charge in [-0.3, -0.25) is 14.8 Å². The highest BCUT2D eigenvalue weighted by atomic mass is 35.5. The Labute approximate surface area is 237 Å². The van der Waals surface area contributed by atoms with Crippen molar-refractivity contribution < 1.29 is 17.9 Å². The van der Waals surface area contributed by atoms with E-state index in [1.807, 2.05) is 6.07 Å². The fourth-order valence-electron chi connectivity index (χ4n) is 3.47. The molecule has 0 atom stereocenters. The minimum Gasteiger partial charge on any atom is -0.456 e. The van der Waals surface area contributed by atoms with Crippen molar-refractivity contribution in [3.05, 3.63) is 106 Å². The van der Waals surface area contributed by atoms with Crippen LogP contribution < -0.4 is 14.8 Å². The molecule has 1 amide bonds. The van der Waals surface area contributed by atoms with Gasteiger partial charge < -0.3 is 4.74 Å². The number of para-hydroxylation sites is 2. The third kappa shape index (κ3) is 5.72. The molecule has 2 N–H and O–H groups in total. The van der Waals surface area contributed by atoms with Crippen LogP contribution in [0.25, 0.3) is 10.2 Å². The number of fused-ring (bicyclic) bond motifs is 1. The van der Waals surface area contributed by atoms with Gasteiger partial charge in [-0.15, -0.1) is 0 Å². The molecule has 0 aliphatic carbocycles. The second-order valence-electron chi connectivity index (χ2n) is 7.86. The first kappa shape index (κ1) is 26.3. The fraction of sp³-hybridized carbons (Fsp3) is 0. The number of hydrogen-bond acceptors (Lipinski definition) is 6. The Morgan fingerprint density at radius 2 is 1.61 bits per heavy atom. The minimum atomic E-state index is -4.06. The number of carbonyl (C=O) groups is 1. The first-order valence-electron chi connectivity index (χ1n) is 10.9. The molecule has 12 heteroatoms. The highest BCUT2D eigenvalue weighted by Gasteiger charge is 2.21. The Balaban J connectivity index is 1.37. The summed E-state index contributed by atoms with van der Waals surface area (Å²) in [6, 6.07) is 22.3. The lowest BCUT2D eigenvalue weighted by Crippen LogP contribution is -2.18. The van der Waals surface area contributed by atoms with Crippen LogP contribution in [0.15, 0.2) is 89.8 Å². The maximum absolute atomic E-state index is 13.1. The monoisotopic (exact) mass is 603 g/mol. The van der Waals surface area contributed by atoms with Crippen LogP contribution in [0.4, 0.5) is 10.8 Å². The van der Waals surface area contributed by atoms with Crippen LogP contribution in [0.3, 0.4) is 0 Å². The van der Waals surface area contributed by atoms with Gasteiger partial charge in [-0.05, 0) is 66.7 Å². The molecule has 0 aliphatic rings. The number of carbonyl (C=O) groups excluding carboxylic acids is 1. The van der Waals surface area contributed by atoms with Crippen LogP contribution in [-0.4, -0.2) is 19.3 Å². The van der Waals surface area contributed by atoms with Crippen molar-refractivity contribution in [3.8, 4) is 11.5 Å². The van der Waals surface area contributed by atoms with Crippen molar-refractivity contribution >= 4 is 83.1 Å². The number of nitrogens with zero attached hydrogens (tertiary/aromatic N) is 1. The van der Waals surface area contributed by atoms with E-state index in [0.29, 0.717) is 32.2 Å². The third-order valence-corrected chi connectivity index (χ3v) is 8.43. The molecule has 1 heterocycles. The number of anilines is 2. The molecule has 192 valence electrons. The Morgan fingerprint density at radius 3 is 2.34 bits per heavy atom. The van der Waals surface area contributed by atoms with E-state index in [1.165, 1.54) is 53.8 Å². The van der Waals surface area contributed by atoms with Gasteiger partial charge in [-0.1, -0.05) is 64.3 Å². The van der Waals surface area contributed by atoms with Gasteiger partial charge in [0.25, 0.3) is 15.9 Å². The maximum Gasteiger partial charge on any atom is 0.261 e. The molecular weight excluding hydrogens is 589 g/mol. The molecule has 38 heavy (non-hydrogen) atoms. The highest BCUT2D eigenvalue weighted by molar-refractivity contribution is 7.92. The van der Waals surface area contributed by atoms with Gasteiger partial charge in [0.15, 0.2) is 5.13 Å². The van der Waals surface area contributed by atoms with Gasteiger partial charge in [0, 0.05) is 5.02 Å². The molecule has 4 aromatic carbocycles. The number of halogens is 3. The molecule has 0 unspecified atom stereocenters. The van der Waals surface area contributed by atoms with Gasteiger partial charge in [-0.2, -0.15) is 0 Å². The average Bonchev–Trinajstić information content (AvgIpc) is 3.30. The molecule has 0 saturated heterocycles. The van der Waals surface area contributed by atoms with Crippen molar-refractivity contribution in [2.45, 2.75) is 4.90 Å². The normalized spacial score (nSPS) is 11.3. The summed E-state index contributed by atoms with van der Waals surface area (Å²) < 4.78 is 35.2. The summed E-state index contributed by atoms with van der Waals surface area (Å²) in [5.41, 5.74) is 0.621. The number of amides is 1. The second kappa shape index (κ2) is 10.8.